The van der Waals surface area contributed by atoms with E-state index < -0.39 is 0 Å². The third kappa shape index (κ3) is 4.14. The maximum atomic E-state index is 12.9. The molecule has 2 aliphatic rings. The van der Waals surface area contributed by atoms with Crippen LogP contribution in [-0.2, 0) is 11.3 Å². The first-order valence-electron chi connectivity index (χ1n) is 11.0. The van der Waals surface area contributed by atoms with E-state index in [-0.39, 0.29) is 17.5 Å². The van der Waals surface area contributed by atoms with Crippen LogP contribution in [0.2, 0.25) is 5.02 Å². The zero-order valence-corrected chi connectivity index (χ0v) is 19.6. The number of aromatic nitrogens is 2. The third-order valence-electron chi connectivity index (χ3n) is 6.67. The van der Waals surface area contributed by atoms with Gasteiger partial charge >= 0.3 is 6.03 Å². The predicted octanol–water partition coefficient (Wildman–Crippen LogP) is 4.81. The second kappa shape index (κ2) is 8.50. The number of piperidine rings is 1. The van der Waals surface area contributed by atoms with Crippen LogP contribution in [0.25, 0.3) is 10.1 Å². The van der Waals surface area contributed by atoms with Crippen molar-refractivity contribution in [3.05, 3.63) is 46.4 Å². The van der Waals surface area contributed by atoms with Gasteiger partial charge in [-0.05, 0) is 61.9 Å². The van der Waals surface area contributed by atoms with Crippen LogP contribution in [-0.4, -0.2) is 56.7 Å². The van der Waals surface area contributed by atoms with Crippen molar-refractivity contribution in [2.75, 3.05) is 25.0 Å². The fourth-order valence-electron chi connectivity index (χ4n) is 5.08. The SMILES string of the molecule is CC(=O)Nc1ccn(C(=O)N2CCC3(CCCN3Cc3cc4cc(Cl)ccc4s3)CC2)n1. The van der Waals surface area contributed by atoms with E-state index >= 15 is 0 Å². The quantitative estimate of drug-likeness (QED) is 0.595. The molecule has 0 unspecified atom stereocenters. The fourth-order valence-corrected chi connectivity index (χ4v) is 6.32. The number of carbonyl (C=O) groups excluding carboxylic acids is 2. The number of hydrogen-bond donors (Lipinski definition) is 1. The highest BCUT2D eigenvalue weighted by atomic mass is 35.5. The number of nitrogens with zero attached hydrogens (tertiary/aromatic N) is 4. The minimum atomic E-state index is -0.203. The molecule has 2 aliphatic heterocycles. The van der Waals surface area contributed by atoms with Gasteiger partial charge < -0.3 is 10.2 Å². The zero-order valence-electron chi connectivity index (χ0n) is 18.0. The Hall–Kier alpha value is -2.42. The van der Waals surface area contributed by atoms with Crippen LogP contribution in [0, 0.1) is 0 Å². The summed E-state index contributed by atoms with van der Waals surface area (Å²) in [5, 5.41) is 8.78. The van der Waals surface area contributed by atoms with Crippen molar-refractivity contribution in [1.82, 2.24) is 19.6 Å². The van der Waals surface area contributed by atoms with E-state index in [2.05, 4.69) is 27.4 Å². The Balaban J connectivity index is 1.24. The second-order valence-corrected chi connectivity index (χ2v) is 10.3. The van der Waals surface area contributed by atoms with Crippen LogP contribution in [0.5, 0.6) is 0 Å². The highest BCUT2D eigenvalue weighted by Gasteiger charge is 2.44. The lowest BCUT2D eigenvalue weighted by atomic mass is 9.85. The standard InChI is InChI=1S/C23H26ClN5O2S/c1-16(30)25-21-5-10-29(26-21)22(31)27-11-7-23(8-12-27)6-2-9-28(23)15-19-14-17-13-18(24)3-4-20(17)32-19/h3-5,10,13-14H,2,6-9,11-12,15H2,1H3,(H,25,26,30). The van der Waals surface area contributed by atoms with Crippen LogP contribution in [0.1, 0.15) is 37.5 Å². The summed E-state index contributed by atoms with van der Waals surface area (Å²) < 4.78 is 2.59. The summed E-state index contributed by atoms with van der Waals surface area (Å²) in [5.74, 6) is 0.191. The lowest BCUT2D eigenvalue weighted by Crippen LogP contribution is -2.53. The summed E-state index contributed by atoms with van der Waals surface area (Å²) in [7, 11) is 0. The maximum Gasteiger partial charge on any atom is 0.344 e. The third-order valence-corrected chi connectivity index (χ3v) is 8.01. The highest BCUT2D eigenvalue weighted by Crippen LogP contribution is 2.40. The number of nitrogens with one attached hydrogen (secondary N) is 1. The molecule has 2 fully saturated rings. The zero-order chi connectivity index (χ0) is 22.3. The molecule has 5 rings (SSSR count). The van der Waals surface area contributed by atoms with Gasteiger partial charge in [0.2, 0.25) is 5.91 Å². The number of rotatable bonds is 3. The molecule has 0 radical (unpaired) electrons. The van der Waals surface area contributed by atoms with E-state index in [4.69, 9.17) is 11.6 Å². The Labute approximate surface area is 195 Å². The van der Waals surface area contributed by atoms with Gasteiger partial charge in [0.25, 0.3) is 0 Å². The topological polar surface area (TPSA) is 70.5 Å². The molecule has 9 heteroatoms. The van der Waals surface area contributed by atoms with Gasteiger partial charge in [0.15, 0.2) is 5.82 Å². The number of halogens is 1. The molecule has 0 atom stereocenters. The number of anilines is 1. The molecule has 1 N–H and O–H groups in total. The number of thiophene rings is 1. The van der Waals surface area contributed by atoms with Crippen molar-refractivity contribution in [2.24, 2.45) is 0 Å². The number of likely N-dealkylation sites (tertiary alicyclic amines) is 2. The van der Waals surface area contributed by atoms with Gasteiger partial charge in [-0.1, -0.05) is 11.6 Å². The molecule has 168 valence electrons. The molecule has 1 aromatic carbocycles. The van der Waals surface area contributed by atoms with Crippen molar-refractivity contribution in [3.8, 4) is 0 Å². The van der Waals surface area contributed by atoms with E-state index in [1.54, 1.807) is 12.3 Å². The minimum Gasteiger partial charge on any atom is -0.323 e. The molecule has 4 heterocycles. The maximum absolute atomic E-state index is 12.9. The summed E-state index contributed by atoms with van der Waals surface area (Å²) >= 11 is 8.00. The van der Waals surface area contributed by atoms with E-state index in [1.807, 2.05) is 28.4 Å². The summed E-state index contributed by atoms with van der Waals surface area (Å²) in [5.41, 5.74) is 0.163. The van der Waals surface area contributed by atoms with Gasteiger partial charge in [-0.2, -0.15) is 4.68 Å². The average molecular weight is 472 g/mol. The number of amides is 2. The van der Waals surface area contributed by atoms with E-state index in [9.17, 15) is 9.59 Å². The Morgan fingerprint density at radius 1 is 1.16 bits per heavy atom. The Bertz CT molecular complexity index is 1160. The highest BCUT2D eigenvalue weighted by molar-refractivity contribution is 7.19. The molecular formula is C23H26ClN5O2S. The average Bonchev–Trinajstić information content (AvgIpc) is 3.47. The Morgan fingerprint density at radius 3 is 2.75 bits per heavy atom. The number of hydrogen-bond acceptors (Lipinski definition) is 5. The van der Waals surface area contributed by atoms with Crippen LogP contribution < -0.4 is 5.32 Å². The molecule has 0 aliphatic carbocycles. The minimum absolute atomic E-state index is 0.137. The molecule has 0 bridgehead atoms. The number of fused-ring (bicyclic) bond motifs is 1. The smallest absolute Gasteiger partial charge is 0.323 e. The van der Waals surface area contributed by atoms with Crippen molar-refractivity contribution >= 4 is 50.8 Å². The normalized spacial score (nSPS) is 18.5. The van der Waals surface area contributed by atoms with Gasteiger partial charge in [-0.15, -0.1) is 16.4 Å². The van der Waals surface area contributed by atoms with E-state index in [0.29, 0.717) is 18.9 Å². The molecule has 1 spiro atoms. The van der Waals surface area contributed by atoms with Gasteiger partial charge in [0.1, 0.15) is 0 Å². The molecule has 2 amide bonds. The first-order chi connectivity index (χ1) is 15.4. The summed E-state index contributed by atoms with van der Waals surface area (Å²) in [4.78, 5) is 30.0. The molecule has 0 saturated carbocycles. The lowest BCUT2D eigenvalue weighted by molar-refractivity contribution is -0.114. The van der Waals surface area contributed by atoms with Crippen molar-refractivity contribution in [3.63, 3.8) is 0 Å². The Morgan fingerprint density at radius 2 is 1.97 bits per heavy atom. The predicted molar refractivity (Wildman–Crippen MR) is 127 cm³/mol. The van der Waals surface area contributed by atoms with Crippen molar-refractivity contribution < 1.29 is 9.59 Å². The van der Waals surface area contributed by atoms with Crippen LogP contribution in [0.4, 0.5) is 10.6 Å². The first kappa shape index (κ1) is 21.4. The Kier molecular flexibility index (Phi) is 5.69. The second-order valence-electron chi connectivity index (χ2n) is 8.74. The summed E-state index contributed by atoms with van der Waals surface area (Å²) in [6, 6.07) is 9.85. The van der Waals surface area contributed by atoms with E-state index in [0.717, 1.165) is 31.0 Å². The molecule has 32 heavy (non-hydrogen) atoms. The van der Waals surface area contributed by atoms with Crippen LogP contribution >= 0.6 is 22.9 Å². The number of benzene rings is 1. The van der Waals surface area contributed by atoms with Crippen LogP contribution in [0.3, 0.4) is 0 Å². The fraction of sp³-hybridized carbons (Fsp3) is 0.435. The molecule has 2 aromatic heterocycles. The molecule has 7 nitrogen and oxygen atoms in total. The van der Waals surface area contributed by atoms with E-state index in [1.165, 1.54) is 39.4 Å². The molecule has 3 aromatic rings. The van der Waals surface area contributed by atoms with Crippen molar-refractivity contribution in [2.45, 2.75) is 44.7 Å². The molecular weight excluding hydrogens is 446 g/mol. The van der Waals surface area contributed by atoms with Gasteiger partial charge in [-0.25, -0.2) is 4.79 Å². The van der Waals surface area contributed by atoms with Crippen molar-refractivity contribution in [1.29, 1.82) is 0 Å². The number of carbonyl (C=O) groups is 2. The molecule has 2 saturated heterocycles. The van der Waals surface area contributed by atoms with Gasteiger partial charge in [-0.3, -0.25) is 9.69 Å². The first-order valence-corrected chi connectivity index (χ1v) is 12.2. The van der Waals surface area contributed by atoms with Crippen LogP contribution in [0.15, 0.2) is 36.5 Å². The summed E-state index contributed by atoms with van der Waals surface area (Å²) in [6.45, 7) is 4.90. The largest absolute Gasteiger partial charge is 0.344 e. The lowest BCUT2D eigenvalue weighted by Gasteiger charge is -2.44. The monoisotopic (exact) mass is 471 g/mol. The van der Waals surface area contributed by atoms with Gasteiger partial charge in [0, 0.05) is 59.0 Å². The summed E-state index contributed by atoms with van der Waals surface area (Å²) in [6.07, 6.45) is 5.92. The van der Waals surface area contributed by atoms with Gasteiger partial charge in [0.05, 0.1) is 0 Å².